The molecule has 3 rings (SSSR count). The Morgan fingerprint density at radius 2 is 2.44 bits per heavy atom. The molecule has 0 unspecified atom stereocenters. The molecule has 4 heteroatoms. The van der Waals surface area contributed by atoms with E-state index in [0.717, 1.165) is 24.9 Å². The Morgan fingerprint density at radius 3 is 3.00 bits per heavy atom. The molecule has 0 spiro atoms. The zero-order valence-corrected chi connectivity index (χ0v) is 9.10. The molecule has 2 atom stereocenters. The zero-order valence-electron chi connectivity index (χ0n) is 9.10. The molecule has 2 fully saturated rings. The molecule has 0 radical (unpaired) electrons. The standard InChI is InChI=1S/C12H15N3O/c13-11(16)15-7-4-9-3-5-12(9,15)10-2-1-6-14-8-10/h1-2,6,8-9H,3-5,7H2,(H2,13,16)/t9-,12-/m0/s1. The van der Waals surface area contributed by atoms with Crippen LogP contribution in [0.2, 0.25) is 0 Å². The topological polar surface area (TPSA) is 59.2 Å². The van der Waals surface area contributed by atoms with E-state index in [2.05, 4.69) is 11.1 Å². The van der Waals surface area contributed by atoms with Crippen LogP contribution in [-0.2, 0) is 5.54 Å². The first-order valence-corrected chi connectivity index (χ1v) is 5.73. The van der Waals surface area contributed by atoms with Crippen LogP contribution in [-0.4, -0.2) is 22.5 Å². The molecule has 2 heterocycles. The maximum absolute atomic E-state index is 11.5. The Kier molecular flexibility index (Phi) is 1.93. The summed E-state index contributed by atoms with van der Waals surface area (Å²) in [6.45, 7) is 0.787. The van der Waals surface area contributed by atoms with Crippen molar-refractivity contribution in [3.8, 4) is 0 Å². The highest BCUT2D eigenvalue weighted by Crippen LogP contribution is 2.56. The van der Waals surface area contributed by atoms with Crippen LogP contribution in [0.1, 0.15) is 24.8 Å². The number of carbonyl (C=O) groups excluding carboxylic acids is 1. The number of aromatic nitrogens is 1. The van der Waals surface area contributed by atoms with E-state index in [1.54, 1.807) is 6.20 Å². The van der Waals surface area contributed by atoms with Crippen molar-refractivity contribution < 1.29 is 4.79 Å². The zero-order chi connectivity index (χ0) is 11.2. The Balaban J connectivity index is 2.05. The minimum Gasteiger partial charge on any atom is -0.351 e. The first-order valence-electron chi connectivity index (χ1n) is 5.73. The van der Waals surface area contributed by atoms with Gasteiger partial charge in [-0.15, -0.1) is 0 Å². The first kappa shape index (κ1) is 9.63. The van der Waals surface area contributed by atoms with Crippen LogP contribution < -0.4 is 5.73 Å². The second-order valence-electron chi connectivity index (χ2n) is 4.68. The van der Waals surface area contributed by atoms with Gasteiger partial charge in [0.25, 0.3) is 0 Å². The maximum atomic E-state index is 11.5. The van der Waals surface area contributed by atoms with Crippen LogP contribution >= 0.6 is 0 Å². The van der Waals surface area contributed by atoms with E-state index in [9.17, 15) is 4.79 Å². The number of fused-ring (bicyclic) bond motifs is 1. The van der Waals surface area contributed by atoms with Gasteiger partial charge in [0.2, 0.25) is 0 Å². The number of likely N-dealkylation sites (tertiary alicyclic amines) is 1. The first-order chi connectivity index (χ1) is 7.75. The molecule has 84 valence electrons. The third-order valence-electron chi connectivity index (χ3n) is 4.16. The van der Waals surface area contributed by atoms with Crippen LogP contribution in [0, 0.1) is 5.92 Å². The monoisotopic (exact) mass is 217 g/mol. The molecule has 1 saturated carbocycles. The number of nitrogens with zero attached hydrogens (tertiary/aromatic N) is 2. The van der Waals surface area contributed by atoms with E-state index in [-0.39, 0.29) is 11.6 Å². The van der Waals surface area contributed by atoms with Crippen LogP contribution in [0.3, 0.4) is 0 Å². The van der Waals surface area contributed by atoms with Crippen LogP contribution in [0.15, 0.2) is 24.5 Å². The van der Waals surface area contributed by atoms with Gasteiger partial charge in [0.05, 0.1) is 5.54 Å². The Labute approximate surface area is 94.5 Å². The van der Waals surface area contributed by atoms with Crippen molar-refractivity contribution in [2.75, 3.05) is 6.54 Å². The molecule has 1 aliphatic heterocycles. The summed E-state index contributed by atoms with van der Waals surface area (Å²) in [5.74, 6) is 0.573. The Hall–Kier alpha value is -1.58. The fourth-order valence-corrected chi connectivity index (χ4v) is 3.31. The highest BCUT2D eigenvalue weighted by molar-refractivity contribution is 5.74. The van der Waals surface area contributed by atoms with Gasteiger partial charge in [-0.25, -0.2) is 4.79 Å². The van der Waals surface area contributed by atoms with E-state index >= 15 is 0 Å². The average molecular weight is 217 g/mol. The molecule has 1 aromatic heterocycles. The lowest BCUT2D eigenvalue weighted by molar-refractivity contribution is 0.0424. The smallest absolute Gasteiger partial charge is 0.315 e. The lowest BCUT2D eigenvalue weighted by Gasteiger charge is -2.49. The Morgan fingerprint density at radius 1 is 1.56 bits per heavy atom. The summed E-state index contributed by atoms with van der Waals surface area (Å²) in [6.07, 6.45) is 6.91. The van der Waals surface area contributed by atoms with Crippen molar-refractivity contribution in [1.82, 2.24) is 9.88 Å². The molecule has 1 saturated heterocycles. The lowest BCUT2D eigenvalue weighted by Crippen LogP contribution is -2.55. The summed E-state index contributed by atoms with van der Waals surface area (Å²) < 4.78 is 0. The number of nitrogens with two attached hydrogens (primary N) is 1. The number of amides is 2. The molecule has 0 bridgehead atoms. The number of pyridine rings is 1. The molecule has 0 aromatic carbocycles. The van der Waals surface area contributed by atoms with Crippen molar-refractivity contribution in [3.63, 3.8) is 0 Å². The predicted molar refractivity (Wildman–Crippen MR) is 59.5 cm³/mol. The fourth-order valence-electron chi connectivity index (χ4n) is 3.31. The number of primary amides is 1. The third kappa shape index (κ3) is 1.04. The molecular formula is C12H15N3O. The normalized spacial score (nSPS) is 32.0. The highest BCUT2D eigenvalue weighted by atomic mass is 16.2. The summed E-state index contributed by atoms with van der Waals surface area (Å²) in [5.41, 5.74) is 6.48. The Bertz CT molecular complexity index is 420. The van der Waals surface area contributed by atoms with Gasteiger partial charge in [0, 0.05) is 18.9 Å². The van der Waals surface area contributed by atoms with E-state index in [4.69, 9.17) is 5.73 Å². The van der Waals surface area contributed by atoms with Crippen molar-refractivity contribution in [2.45, 2.75) is 24.8 Å². The molecule has 4 nitrogen and oxygen atoms in total. The second-order valence-corrected chi connectivity index (χ2v) is 4.68. The number of urea groups is 1. The summed E-state index contributed by atoms with van der Waals surface area (Å²) in [7, 11) is 0. The second kappa shape index (κ2) is 3.20. The quantitative estimate of drug-likeness (QED) is 0.774. The number of hydrogen-bond acceptors (Lipinski definition) is 2. The maximum Gasteiger partial charge on any atom is 0.315 e. The van der Waals surface area contributed by atoms with Gasteiger partial charge in [0.1, 0.15) is 0 Å². The van der Waals surface area contributed by atoms with Crippen LogP contribution in [0.5, 0.6) is 0 Å². The van der Waals surface area contributed by atoms with Gasteiger partial charge < -0.3 is 10.6 Å². The summed E-state index contributed by atoms with van der Waals surface area (Å²) in [4.78, 5) is 17.5. The SMILES string of the molecule is NC(=O)N1CC[C@@H]2CC[C@@]21c1cccnc1. The number of rotatable bonds is 1. The molecule has 1 aliphatic carbocycles. The van der Waals surface area contributed by atoms with E-state index in [1.165, 1.54) is 6.42 Å². The predicted octanol–water partition coefficient (Wildman–Crippen LogP) is 1.47. The molecule has 2 N–H and O–H groups in total. The highest BCUT2D eigenvalue weighted by Gasteiger charge is 2.57. The van der Waals surface area contributed by atoms with Crippen molar-refractivity contribution in [1.29, 1.82) is 0 Å². The van der Waals surface area contributed by atoms with Crippen LogP contribution in [0.4, 0.5) is 4.79 Å². The van der Waals surface area contributed by atoms with Gasteiger partial charge in [0.15, 0.2) is 0 Å². The average Bonchev–Trinajstić information content (AvgIpc) is 2.52. The summed E-state index contributed by atoms with van der Waals surface area (Å²) in [5, 5.41) is 0. The van der Waals surface area contributed by atoms with E-state index < -0.39 is 0 Å². The van der Waals surface area contributed by atoms with Gasteiger partial charge in [-0.2, -0.15) is 0 Å². The van der Waals surface area contributed by atoms with E-state index in [0.29, 0.717) is 5.92 Å². The van der Waals surface area contributed by atoms with Crippen molar-refractivity contribution in [3.05, 3.63) is 30.1 Å². The van der Waals surface area contributed by atoms with Crippen molar-refractivity contribution in [2.24, 2.45) is 11.7 Å². The third-order valence-corrected chi connectivity index (χ3v) is 4.16. The van der Waals surface area contributed by atoms with E-state index in [1.807, 2.05) is 17.2 Å². The molecule has 2 amide bonds. The largest absolute Gasteiger partial charge is 0.351 e. The van der Waals surface area contributed by atoms with Gasteiger partial charge in [-0.05, 0) is 36.8 Å². The van der Waals surface area contributed by atoms with Crippen LogP contribution in [0.25, 0.3) is 0 Å². The summed E-state index contributed by atoms with van der Waals surface area (Å²) in [6, 6.07) is 3.68. The summed E-state index contributed by atoms with van der Waals surface area (Å²) >= 11 is 0. The van der Waals surface area contributed by atoms with Gasteiger partial charge in [-0.1, -0.05) is 6.07 Å². The minimum atomic E-state index is -0.300. The fraction of sp³-hybridized carbons (Fsp3) is 0.500. The molecule has 16 heavy (non-hydrogen) atoms. The van der Waals surface area contributed by atoms with Crippen molar-refractivity contribution >= 4 is 6.03 Å². The number of hydrogen-bond donors (Lipinski definition) is 1. The lowest BCUT2D eigenvalue weighted by atomic mass is 9.64. The van der Waals surface area contributed by atoms with Gasteiger partial charge in [-0.3, -0.25) is 4.98 Å². The molecule has 1 aromatic rings. The molecule has 2 aliphatic rings. The minimum absolute atomic E-state index is 0.139. The molecular weight excluding hydrogens is 202 g/mol. The van der Waals surface area contributed by atoms with Gasteiger partial charge >= 0.3 is 6.03 Å². The number of carbonyl (C=O) groups is 1.